The van der Waals surface area contributed by atoms with Crippen LogP contribution >= 0.6 is 0 Å². The van der Waals surface area contributed by atoms with Gasteiger partial charge in [-0.1, -0.05) is 0 Å². The number of halogens is 6. The number of piperidine rings is 1. The summed E-state index contributed by atoms with van der Waals surface area (Å²) in [4.78, 5) is 20.5. The maximum Gasteiger partial charge on any atom is 0.434 e. The van der Waals surface area contributed by atoms with Crippen LogP contribution in [0.2, 0.25) is 0 Å². The number of alkyl halides is 6. The van der Waals surface area contributed by atoms with Gasteiger partial charge in [-0.3, -0.25) is 9.89 Å². The molecule has 4 N–H and O–H groups in total. The van der Waals surface area contributed by atoms with Crippen LogP contribution in [-0.2, 0) is 11.0 Å². The fourth-order valence-corrected chi connectivity index (χ4v) is 4.01. The van der Waals surface area contributed by atoms with Crippen molar-refractivity contribution in [3.63, 3.8) is 0 Å². The monoisotopic (exact) mass is 466 g/mol. The van der Waals surface area contributed by atoms with Crippen LogP contribution in [0.3, 0.4) is 0 Å². The molecule has 2 aliphatic heterocycles. The molecule has 2 aromatic heterocycles. The highest BCUT2D eigenvalue weighted by molar-refractivity contribution is 5.99. The van der Waals surface area contributed by atoms with Crippen LogP contribution in [0.1, 0.15) is 41.6 Å². The van der Waals surface area contributed by atoms with Crippen molar-refractivity contribution >= 4 is 17.5 Å². The number of carbonyl (C=O) groups excluding carboxylic acids is 1. The second-order valence-electron chi connectivity index (χ2n) is 7.57. The van der Waals surface area contributed by atoms with Gasteiger partial charge >= 0.3 is 12.4 Å². The third-order valence-corrected chi connectivity index (χ3v) is 5.57. The first-order valence-electron chi connectivity index (χ1n) is 9.35. The van der Waals surface area contributed by atoms with Crippen molar-refractivity contribution in [2.75, 3.05) is 23.3 Å². The molecule has 4 heterocycles. The molecular formula is C17H16F6N6O3. The van der Waals surface area contributed by atoms with E-state index in [9.17, 15) is 41.4 Å². The minimum absolute atomic E-state index is 0.00736. The average molecular weight is 466 g/mol. The van der Waals surface area contributed by atoms with E-state index in [-0.39, 0.29) is 37.4 Å². The Balaban J connectivity index is 1.55. The molecule has 1 unspecified atom stereocenters. The Kier molecular flexibility index (Phi) is 5.08. The normalized spacial score (nSPS) is 21.9. The average Bonchev–Trinajstić information content (AvgIpc) is 3.09. The summed E-state index contributed by atoms with van der Waals surface area (Å²) in [6, 6.07) is 0. The summed E-state index contributed by atoms with van der Waals surface area (Å²) in [5.74, 6) is -9.00. The van der Waals surface area contributed by atoms with Gasteiger partial charge in [0.15, 0.2) is 11.5 Å². The highest BCUT2D eigenvalue weighted by atomic mass is 19.4. The van der Waals surface area contributed by atoms with Crippen molar-refractivity contribution in [3.8, 4) is 0 Å². The minimum Gasteiger partial charge on any atom is -0.357 e. The Hall–Kier alpha value is -2.94. The molecule has 9 nitrogen and oxygen atoms in total. The lowest BCUT2D eigenvalue weighted by atomic mass is 9.81. The lowest BCUT2D eigenvalue weighted by molar-refractivity contribution is -0.254. The van der Waals surface area contributed by atoms with E-state index in [4.69, 9.17) is 0 Å². The van der Waals surface area contributed by atoms with Crippen LogP contribution in [0.4, 0.5) is 38.0 Å². The van der Waals surface area contributed by atoms with Crippen molar-refractivity contribution in [3.05, 3.63) is 29.3 Å². The Bertz CT molecular complexity index is 1010. The van der Waals surface area contributed by atoms with Crippen molar-refractivity contribution < 1.29 is 41.4 Å². The van der Waals surface area contributed by atoms with E-state index in [1.807, 2.05) is 5.32 Å². The number of nitrogens with zero attached hydrogens (tertiary/aromatic N) is 4. The first kappa shape index (κ1) is 22.3. The minimum atomic E-state index is -5.15. The standard InChI is InChI=1S/C17H16F6N6O3/c18-16(19,20)8-5-25-9(6-24-8)29-3-1-7(2-4-29)11-10-12(17(21,22)23)15(31,32)14(30)26-13(10)28-27-11/h5-7,12,31-32H,1-4H2,(H2,26,27,28,30). The third-order valence-electron chi connectivity index (χ3n) is 5.57. The highest BCUT2D eigenvalue weighted by Gasteiger charge is 2.62. The van der Waals surface area contributed by atoms with E-state index in [0.29, 0.717) is 6.20 Å². The van der Waals surface area contributed by atoms with Crippen LogP contribution in [0.5, 0.6) is 0 Å². The van der Waals surface area contributed by atoms with Crippen molar-refractivity contribution in [1.29, 1.82) is 0 Å². The molecule has 0 aromatic carbocycles. The topological polar surface area (TPSA) is 127 Å². The fourth-order valence-electron chi connectivity index (χ4n) is 4.01. The van der Waals surface area contributed by atoms with E-state index in [2.05, 4.69) is 20.2 Å². The van der Waals surface area contributed by atoms with Crippen molar-refractivity contribution in [2.24, 2.45) is 0 Å². The van der Waals surface area contributed by atoms with E-state index < -0.39 is 53.0 Å². The van der Waals surface area contributed by atoms with Gasteiger partial charge in [0.1, 0.15) is 11.7 Å². The molecule has 0 aliphatic carbocycles. The molecule has 2 aliphatic rings. The third kappa shape index (κ3) is 3.74. The van der Waals surface area contributed by atoms with Crippen LogP contribution in [0, 0.1) is 0 Å². The zero-order valence-electron chi connectivity index (χ0n) is 16.0. The van der Waals surface area contributed by atoms with Gasteiger partial charge in [0, 0.05) is 30.3 Å². The number of hydrogen-bond acceptors (Lipinski definition) is 7. The number of aromatic nitrogens is 4. The first-order valence-corrected chi connectivity index (χ1v) is 9.35. The summed E-state index contributed by atoms with van der Waals surface area (Å²) < 4.78 is 78.9. The van der Waals surface area contributed by atoms with E-state index in [0.717, 1.165) is 6.20 Å². The Morgan fingerprint density at radius 2 is 1.72 bits per heavy atom. The van der Waals surface area contributed by atoms with Crippen LogP contribution in [0.25, 0.3) is 0 Å². The van der Waals surface area contributed by atoms with Crippen molar-refractivity contribution in [2.45, 2.75) is 42.8 Å². The van der Waals surface area contributed by atoms with Gasteiger partial charge in [-0.2, -0.15) is 31.4 Å². The van der Waals surface area contributed by atoms with Gasteiger partial charge in [0.2, 0.25) is 0 Å². The predicted octanol–water partition coefficient (Wildman–Crippen LogP) is 1.88. The van der Waals surface area contributed by atoms with Crippen LogP contribution in [-0.4, -0.2) is 61.3 Å². The molecule has 1 atom stereocenters. The summed E-state index contributed by atoms with van der Waals surface area (Å²) in [5.41, 5.74) is -1.68. The largest absolute Gasteiger partial charge is 0.434 e. The Labute approximate surface area is 175 Å². The highest BCUT2D eigenvalue weighted by Crippen LogP contribution is 2.50. The molecule has 4 rings (SSSR count). The number of rotatable bonds is 2. The number of anilines is 2. The summed E-state index contributed by atoms with van der Waals surface area (Å²) in [5, 5.41) is 27.9. The van der Waals surface area contributed by atoms with Crippen LogP contribution < -0.4 is 10.2 Å². The molecule has 0 saturated carbocycles. The number of hydrogen-bond donors (Lipinski definition) is 4. The van der Waals surface area contributed by atoms with Gasteiger partial charge in [0.25, 0.3) is 11.7 Å². The molecule has 0 radical (unpaired) electrons. The second-order valence-corrected chi connectivity index (χ2v) is 7.57. The summed E-state index contributed by atoms with van der Waals surface area (Å²) in [6.07, 6.45) is -7.67. The SMILES string of the molecule is O=C1Nc2n[nH]c(C3CCN(c4cnc(C(F)(F)F)cn4)CC3)c2C(C(F)(F)F)C1(O)O. The summed E-state index contributed by atoms with van der Waals surface area (Å²) in [6.45, 7) is 0.482. The van der Waals surface area contributed by atoms with E-state index in [1.54, 1.807) is 4.90 Å². The maximum atomic E-state index is 13.7. The van der Waals surface area contributed by atoms with Crippen molar-refractivity contribution in [1.82, 2.24) is 20.2 Å². The van der Waals surface area contributed by atoms with E-state index in [1.165, 1.54) is 0 Å². The number of nitrogens with one attached hydrogen (secondary N) is 2. The van der Waals surface area contributed by atoms with Crippen LogP contribution in [0.15, 0.2) is 12.4 Å². The maximum absolute atomic E-state index is 13.7. The summed E-state index contributed by atoms with van der Waals surface area (Å²) in [7, 11) is 0. The summed E-state index contributed by atoms with van der Waals surface area (Å²) >= 11 is 0. The van der Waals surface area contributed by atoms with Gasteiger partial charge < -0.3 is 20.4 Å². The fraction of sp³-hybridized carbons (Fsp3) is 0.529. The number of fused-ring (bicyclic) bond motifs is 1. The zero-order chi connectivity index (χ0) is 23.5. The molecule has 1 fully saturated rings. The number of H-pyrrole nitrogens is 1. The Morgan fingerprint density at radius 1 is 1.06 bits per heavy atom. The Morgan fingerprint density at radius 3 is 2.25 bits per heavy atom. The molecule has 32 heavy (non-hydrogen) atoms. The molecule has 2 aromatic rings. The molecule has 0 spiro atoms. The van der Waals surface area contributed by atoms with Gasteiger partial charge in [-0.25, -0.2) is 9.97 Å². The van der Waals surface area contributed by atoms with Gasteiger partial charge in [0.05, 0.1) is 12.4 Å². The van der Waals surface area contributed by atoms with Gasteiger partial charge in [-0.15, -0.1) is 0 Å². The molecule has 174 valence electrons. The molecule has 15 heteroatoms. The van der Waals surface area contributed by atoms with E-state index >= 15 is 0 Å². The lowest BCUT2D eigenvalue weighted by Gasteiger charge is -2.37. The molecule has 1 amide bonds. The quantitative estimate of drug-likeness (QED) is 0.393. The molecule has 1 saturated heterocycles. The number of amides is 1. The predicted molar refractivity (Wildman–Crippen MR) is 94.4 cm³/mol. The van der Waals surface area contributed by atoms with Gasteiger partial charge in [-0.05, 0) is 12.8 Å². The zero-order valence-corrected chi connectivity index (χ0v) is 16.0. The number of aliphatic hydroxyl groups is 2. The first-order chi connectivity index (χ1) is 14.8. The lowest BCUT2D eigenvalue weighted by Crippen LogP contribution is -2.55. The second kappa shape index (κ2) is 7.30. The smallest absolute Gasteiger partial charge is 0.357 e. The number of aromatic amines is 1. The molecule has 0 bridgehead atoms. The molecular weight excluding hydrogens is 450 g/mol. The number of carbonyl (C=O) groups is 1.